The average Bonchev–Trinajstić information content (AvgIpc) is 2.34. The third-order valence-electron chi connectivity index (χ3n) is 2.73. The molecule has 128 valence electrons. The zero-order chi connectivity index (χ0) is 16.6. The van der Waals surface area contributed by atoms with E-state index in [1.54, 1.807) is 0 Å². The summed E-state index contributed by atoms with van der Waals surface area (Å²) in [7, 11) is -6.65. The van der Waals surface area contributed by atoms with Crippen LogP contribution in [-0.4, -0.2) is 36.9 Å². The normalized spacial score (nSPS) is 10.4. The molecule has 0 spiro atoms. The molecule has 0 saturated heterocycles. The van der Waals surface area contributed by atoms with E-state index in [1.165, 1.54) is 44.9 Å². The topological polar surface area (TPSA) is 127 Å². The van der Waals surface area contributed by atoms with Crippen molar-refractivity contribution in [2.45, 2.75) is 71.1 Å². The molecular weight excluding hydrogens is 322 g/mol. The Balaban J connectivity index is -0.000000640. The van der Waals surface area contributed by atoms with Crippen LogP contribution in [0.2, 0.25) is 0 Å². The quantitative estimate of drug-likeness (QED) is 0.212. The molecule has 0 saturated carbocycles. The van der Waals surface area contributed by atoms with E-state index >= 15 is 0 Å². The molecule has 10 heteroatoms. The van der Waals surface area contributed by atoms with E-state index in [2.05, 4.69) is 11.1 Å². The van der Waals surface area contributed by atoms with Crippen molar-refractivity contribution in [3.63, 3.8) is 0 Å². The largest absolute Gasteiger partial charge is 1.00 e. The molecule has 0 aliphatic rings. The van der Waals surface area contributed by atoms with Crippen LogP contribution in [0.3, 0.4) is 0 Å². The van der Waals surface area contributed by atoms with Gasteiger partial charge in [-0.2, -0.15) is 8.42 Å². The summed E-state index contributed by atoms with van der Waals surface area (Å²) < 4.78 is 33.0. The van der Waals surface area contributed by atoms with Crippen molar-refractivity contribution in [2.24, 2.45) is 0 Å². The Bertz CT molecular complexity index is 299. The van der Waals surface area contributed by atoms with Crippen LogP contribution in [0.1, 0.15) is 71.1 Å². The zero-order valence-electron chi connectivity index (χ0n) is 13.7. The van der Waals surface area contributed by atoms with Crippen LogP contribution in [0.15, 0.2) is 0 Å². The molecule has 0 bridgehead atoms. The second-order valence-electron chi connectivity index (χ2n) is 4.76. The maximum atomic E-state index is 10.2. The van der Waals surface area contributed by atoms with E-state index in [4.69, 9.17) is 19.6 Å². The van der Waals surface area contributed by atoms with Gasteiger partial charge in [0.25, 0.3) is 0 Å². The summed E-state index contributed by atoms with van der Waals surface area (Å²) in [4.78, 5) is 0. The Morgan fingerprint density at radius 1 is 0.909 bits per heavy atom. The monoisotopic (exact) mass is 350 g/mol. The first-order valence-corrected chi connectivity index (χ1v) is 8.80. The van der Waals surface area contributed by atoms with E-state index in [0.717, 1.165) is 12.8 Å². The second kappa shape index (κ2) is 19.9. The predicted molar refractivity (Wildman–Crippen MR) is 79.5 cm³/mol. The Morgan fingerprint density at radius 2 is 1.23 bits per heavy atom. The zero-order valence-corrected chi connectivity index (χ0v) is 16.6. The minimum absolute atomic E-state index is 0. The molecule has 0 aromatic rings. The van der Waals surface area contributed by atoms with Gasteiger partial charge < -0.3 is 15.1 Å². The van der Waals surface area contributed by atoms with Gasteiger partial charge in [0.05, 0.1) is 6.61 Å². The third-order valence-corrected chi connectivity index (χ3v) is 3.19. The minimum Gasteiger partial charge on any atom is -0.832 e. The standard InChI is InChI=1S/C12H26O4S.BH2O3.Na/c1-2-3-4-5-6-7-8-9-10-11-12-16-17(13,14)15;2-1(3)4;/h2-12H2,1H3,(H,13,14,15);2-3H;/q;-1;+1. The third kappa shape index (κ3) is 37.2. The van der Waals surface area contributed by atoms with Gasteiger partial charge in [-0.05, 0) is 6.42 Å². The molecule has 0 unspecified atom stereocenters. The molecule has 0 fully saturated rings. The molecule has 0 aromatic heterocycles. The maximum Gasteiger partial charge on any atom is 1.00 e. The summed E-state index contributed by atoms with van der Waals surface area (Å²) in [5, 5.41) is 22.8. The second-order valence-corrected chi connectivity index (χ2v) is 5.85. The molecule has 22 heavy (non-hydrogen) atoms. The fourth-order valence-electron chi connectivity index (χ4n) is 1.75. The van der Waals surface area contributed by atoms with Gasteiger partial charge in [0.2, 0.25) is 0 Å². The van der Waals surface area contributed by atoms with Gasteiger partial charge in [0.1, 0.15) is 0 Å². The van der Waals surface area contributed by atoms with Crippen molar-refractivity contribution < 1.29 is 61.8 Å². The van der Waals surface area contributed by atoms with Gasteiger partial charge in [-0.3, -0.25) is 4.55 Å². The summed E-state index contributed by atoms with van der Waals surface area (Å²) in [6.45, 7) is 2.31. The van der Waals surface area contributed by atoms with Crippen LogP contribution in [0.4, 0.5) is 0 Å². The van der Waals surface area contributed by atoms with Gasteiger partial charge in [0, 0.05) is 0 Å². The van der Waals surface area contributed by atoms with Gasteiger partial charge in [-0.15, -0.1) is 0 Å². The molecular formula is C12H28BNaO7S. The van der Waals surface area contributed by atoms with Crippen molar-refractivity contribution in [1.82, 2.24) is 0 Å². The van der Waals surface area contributed by atoms with Gasteiger partial charge in [0.15, 0.2) is 0 Å². The Labute approximate surface area is 156 Å². The number of hydrogen-bond donors (Lipinski definition) is 3. The van der Waals surface area contributed by atoms with E-state index in [-0.39, 0.29) is 36.2 Å². The van der Waals surface area contributed by atoms with Crippen molar-refractivity contribution in [3.05, 3.63) is 0 Å². The average molecular weight is 350 g/mol. The van der Waals surface area contributed by atoms with Crippen LogP contribution >= 0.6 is 0 Å². The number of unbranched alkanes of at least 4 members (excludes halogenated alkanes) is 9. The van der Waals surface area contributed by atoms with Gasteiger partial charge in [-0.25, -0.2) is 4.18 Å². The first-order valence-electron chi connectivity index (χ1n) is 7.43. The van der Waals surface area contributed by atoms with Crippen LogP contribution in [0, 0.1) is 0 Å². The summed E-state index contributed by atoms with van der Waals surface area (Å²) in [5.41, 5.74) is 0. The summed E-state index contributed by atoms with van der Waals surface area (Å²) in [5.74, 6) is 0. The molecule has 0 amide bonds. The molecule has 7 nitrogen and oxygen atoms in total. The van der Waals surface area contributed by atoms with Crippen molar-refractivity contribution >= 4 is 17.7 Å². The summed E-state index contributed by atoms with van der Waals surface area (Å²) in [6.07, 6.45) is 11.9. The van der Waals surface area contributed by atoms with Crippen LogP contribution < -0.4 is 34.6 Å². The molecule has 0 rings (SSSR count). The summed E-state index contributed by atoms with van der Waals surface area (Å²) in [6, 6.07) is 0. The molecule has 0 atom stereocenters. The van der Waals surface area contributed by atoms with Gasteiger partial charge >= 0.3 is 47.3 Å². The number of hydrogen-bond acceptors (Lipinski definition) is 6. The maximum absolute atomic E-state index is 10.2. The molecule has 0 aromatic carbocycles. The fourth-order valence-corrected chi connectivity index (χ4v) is 2.08. The van der Waals surface area contributed by atoms with Crippen molar-refractivity contribution in [1.29, 1.82) is 0 Å². The molecule has 3 N–H and O–H groups in total. The van der Waals surface area contributed by atoms with Crippen LogP contribution in [0.5, 0.6) is 0 Å². The van der Waals surface area contributed by atoms with E-state index in [9.17, 15) is 8.42 Å². The minimum atomic E-state index is -4.23. The predicted octanol–water partition coefficient (Wildman–Crippen LogP) is -1.95. The van der Waals surface area contributed by atoms with E-state index < -0.39 is 17.7 Å². The van der Waals surface area contributed by atoms with E-state index in [1.807, 2.05) is 0 Å². The van der Waals surface area contributed by atoms with E-state index in [0.29, 0.717) is 6.42 Å². The molecule has 0 radical (unpaired) electrons. The first kappa shape index (κ1) is 27.7. The first-order chi connectivity index (χ1) is 9.79. The molecule has 0 aliphatic heterocycles. The van der Waals surface area contributed by atoms with Crippen LogP contribution in [0.25, 0.3) is 0 Å². The Hall–Kier alpha value is 0.815. The molecule has 0 heterocycles. The molecule has 0 aliphatic carbocycles. The summed E-state index contributed by atoms with van der Waals surface area (Å²) >= 11 is 0. The van der Waals surface area contributed by atoms with Crippen LogP contribution in [-0.2, 0) is 14.6 Å². The van der Waals surface area contributed by atoms with Gasteiger partial charge in [-0.1, -0.05) is 64.7 Å². The fraction of sp³-hybridized carbons (Fsp3) is 1.00. The SMILES string of the molecule is CCCCCCCCCCCCOS(=O)(=O)O.[Na+].[O-]B(O)O. The Morgan fingerprint density at radius 3 is 1.55 bits per heavy atom. The van der Waals surface area contributed by atoms with Crippen molar-refractivity contribution in [3.8, 4) is 0 Å². The smallest absolute Gasteiger partial charge is 0.832 e. The number of rotatable bonds is 12. The Kier molecular flexibility index (Phi) is 25.0. The van der Waals surface area contributed by atoms with Crippen molar-refractivity contribution in [2.75, 3.05) is 6.61 Å².